The van der Waals surface area contributed by atoms with Crippen LogP contribution in [0.3, 0.4) is 0 Å². The molecule has 0 fully saturated rings. The van der Waals surface area contributed by atoms with Crippen molar-refractivity contribution in [1.29, 1.82) is 0 Å². The summed E-state index contributed by atoms with van der Waals surface area (Å²) in [5.41, 5.74) is 0. The molecule has 0 bridgehead atoms. The Morgan fingerprint density at radius 3 is 2.26 bits per heavy atom. The summed E-state index contributed by atoms with van der Waals surface area (Å²) in [5.74, 6) is -0.498. The van der Waals surface area contributed by atoms with E-state index in [1.165, 1.54) is 19.3 Å². The summed E-state index contributed by atoms with van der Waals surface area (Å²) in [5, 5.41) is 11.3. The molecule has 0 atom stereocenters. The molecule has 0 saturated carbocycles. The van der Waals surface area contributed by atoms with Crippen LogP contribution in [0.5, 0.6) is 0 Å². The first-order valence-corrected chi connectivity index (χ1v) is 8.22. The molecule has 0 radical (unpaired) electrons. The van der Waals surface area contributed by atoms with Gasteiger partial charge in [0.15, 0.2) is 0 Å². The van der Waals surface area contributed by atoms with Crippen molar-refractivity contribution in [3.05, 3.63) is 0 Å². The second-order valence-electron chi connectivity index (χ2n) is 4.43. The smallest absolute Gasteiger partial charge is 0.862 e. The summed E-state index contributed by atoms with van der Waals surface area (Å²) in [6.45, 7) is 2.34. The van der Waals surface area contributed by atoms with Crippen molar-refractivity contribution in [2.24, 2.45) is 4.99 Å². The van der Waals surface area contributed by atoms with Gasteiger partial charge < -0.3 is 10.1 Å². The summed E-state index contributed by atoms with van der Waals surface area (Å²) in [6.07, 6.45) is 7.37. The third-order valence-corrected chi connectivity index (χ3v) is 3.40. The molecule has 0 aromatic carbocycles. The van der Waals surface area contributed by atoms with Crippen LogP contribution in [0.4, 0.5) is 0 Å². The van der Waals surface area contributed by atoms with Gasteiger partial charge in [-0.05, 0) is 25.2 Å². The van der Waals surface area contributed by atoms with E-state index in [4.69, 9.17) is 4.55 Å². The maximum absolute atomic E-state index is 11.3. The fraction of sp³-hybridized carbons (Fsp3) is 0.917. The van der Waals surface area contributed by atoms with Crippen LogP contribution >= 0.6 is 0 Å². The fourth-order valence-corrected chi connectivity index (χ4v) is 2.08. The van der Waals surface area contributed by atoms with E-state index >= 15 is 0 Å². The number of aliphatic imine (C=N–C) groups is 1. The maximum Gasteiger partial charge on any atom is 1.00 e. The van der Waals surface area contributed by atoms with E-state index in [9.17, 15) is 13.5 Å². The summed E-state index contributed by atoms with van der Waals surface area (Å²) in [4.78, 5) is 3.75. The summed E-state index contributed by atoms with van der Waals surface area (Å²) < 4.78 is 29.3. The Hall–Kier alpha value is 1.02. The molecule has 5 nitrogen and oxygen atoms in total. The van der Waals surface area contributed by atoms with E-state index in [1.807, 2.05) is 0 Å². The van der Waals surface area contributed by atoms with Crippen molar-refractivity contribution in [3.8, 4) is 0 Å². The van der Waals surface area contributed by atoms with Crippen molar-refractivity contribution in [3.63, 3.8) is 0 Å². The van der Waals surface area contributed by atoms with Crippen LogP contribution in [0.2, 0.25) is 0 Å². The number of rotatable bonds is 11. The third-order valence-electron chi connectivity index (χ3n) is 2.59. The normalized spacial score (nSPS) is 12.2. The zero-order valence-corrected chi connectivity index (χ0v) is 16.0. The van der Waals surface area contributed by atoms with Crippen LogP contribution in [0.1, 0.15) is 58.3 Å². The molecule has 0 unspecified atom stereocenters. The Kier molecular flexibility index (Phi) is 16.4. The van der Waals surface area contributed by atoms with Crippen LogP contribution < -0.4 is 56.5 Å². The monoisotopic (exact) mass is 317 g/mol. The minimum Gasteiger partial charge on any atom is -0.862 e. The van der Waals surface area contributed by atoms with Gasteiger partial charge in [-0.2, -0.15) is 8.42 Å². The van der Waals surface area contributed by atoms with Gasteiger partial charge in [-0.15, -0.1) is 0 Å². The molecule has 0 aliphatic carbocycles. The molecule has 0 spiro atoms. The summed E-state index contributed by atoms with van der Waals surface area (Å²) in [7, 11) is -3.92. The van der Waals surface area contributed by atoms with Crippen molar-refractivity contribution < 1.29 is 69.5 Å². The first kappa shape index (κ1) is 22.3. The summed E-state index contributed by atoms with van der Waals surface area (Å²) >= 11 is 0. The zero-order chi connectivity index (χ0) is 13.9. The van der Waals surface area contributed by atoms with E-state index < -0.39 is 10.1 Å². The minimum atomic E-state index is -3.92. The van der Waals surface area contributed by atoms with Crippen LogP contribution in [0, 0.1) is 0 Å². The first-order chi connectivity index (χ1) is 8.45. The molecule has 108 valence electrons. The summed E-state index contributed by atoms with van der Waals surface area (Å²) in [6, 6.07) is 0. The molecule has 0 aliphatic heterocycles. The van der Waals surface area contributed by atoms with Gasteiger partial charge in [0.05, 0.1) is 5.75 Å². The van der Waals surface area contributed by atoms with Crippen molar-refractivity contribution in [2.75, 3.05) is 12.3 Å². The predicted octanol–water partition coefficient (Wildman–Crippen LogP) is -1.22. The molecular weight excluding hydrogens is 293 g/mol. The van der Waals surface area contributed by atoms with Crippen molar-refractivity contribution >= 4 is 16.0 Å². The molecule has 0 rings (SSSR count). The average Bonchev–Trinajstić information content (AvgIpc) is 2.28. The molecule has 7 heteroatoms. The van der Waals surface area contributed by atoms with Gasteiger partial charge in [0.25, 0.3) is 10.1 Å². The Balaban J connectivity index is 0. The van der Waals surface area contributed by atoms with Gasteiger partial charge in [-0.25, -0.2) is 0 Å². The quantitative estimate of drug-likeness (QED) is 0.170. The molecule has 0 aromatic heterocycles. The van der Waals surface area contributed by atoms with Gasteiger partial charge in [-0.1, -0.05) is 39.0 Å². The molecule has 19 heavy (non-hydrogen) atoms. The largest absolute Gasteiger partial charge is 1.00 e. The van der Waals surface area contributed by atoms with Gasteiger partial charge >= 0.3 is 51.4 Å². The molecule has 0 saturated heterocycles. The molecular formula is C12H24KNO4S. The van der Waals surface area contributed by atoms with Crippen LogP contribution in [0.25, 0.3) is 0 Å². The fourth-order valence-electron chi connectivity index (χ4n) is 1.59. The average molecular weight is 317 g/mol. The minimum absolute atomic E-state index is 0. The van der Waals surface area contributed by atoms with Crippen LogP contribution in [-0.4, -0.2) is 31.2 Å². The second-order valence-corrected chi connectivity index (χ2v) is 6.00. The zero-order valence-electron chi connectivity index (χ0n) is 12.1. The SMILES string of the molecule is CCCCCCCCC([O-])=NCCCS(=O)(=O)O.[K+]. The van der Waals surface area contributed by atoms with Gasteiger partial charge in [0, 0.05) is 6.54 Å². The Morgan fingerprint density at radius 1 is 1.11 bits per heavy atom. The Bertz CT molecular complexity index is 331. The standard InChI is InChI=1S/C12H25NO4S.K/c1-2-3-4-5-6-7-9-12(14)13-10-8-11-18(15,16)17;/h2-11H2,1H3,(H,13,14)(H,15,16,17);/q;+1/p-1. The van der Waals surface area contributed by atoms with Gasteiger partial charge in [0.1, 0.15) is 0 Å². The van der Waals surface area contributed by atoms with E-state index in [-0.39, 0.29) is 76.0 Å². The molecule has 1 N–H and O–H groups in total. The number of unbranched alkanes of at least 4 members (excludes halogenated alkanes) is 5. The van der Waals surface area contributed by atoms with Crippen LogP contribution in [-0.2, 0) is 10.1 Å². The van der Waals surface area contributed by atoms with Crippen molar-refractivity contribution in [1.82, 2.24) is 0 Å². The second kappa shape index (κ2) is 14.0. The number of hydrogen-bond acceptors (Lipinski definition) is 4. The van der Waals surface area contributed by atoms with E-state index in [2.05, 4.69) is 11.9 Å². The van der Waals surface area contributed by atoms with E-state index in [1.54, 1.807) is 0 Å². The molecule has 0 aliphatic rings. The van der Waals surface area contributed by atoms with Crippen molar-refractivity contribution in [2.45, 2.75) is 58.3 Å². The molecule has 0 amide bonds. The Morgan fingerprint density at radius 2 is 1.68 bits per heavy atom. The third kappa shape index (κ3) is 19.0. The topological polar surface area (TPSA) is 89.8 Å². The van der Waals surface area contributed by atoms with Gasteiger partial charge in [-0.3, -0.25) is 4.55 Å². The van der Waals surface area contributed by atoms with E-state index in [0.29, 0.717) is 6.42 Å². The van der Waals surface area contributed by atoms with Gasteiger partial charge in [0.2, 0.25) is 0 Å². The molecule has 0 heterocycles. The van der Waals surface area contributed by atoms with E-state index in [0.717, 1.165) is 19.3 Å². The first-order valence-electron chi connectivity index (χ1n) is 6.61. The number of nitrogens with zero attached hydrogens (tertiary/aromatic N) is 1. The molecule has 0 aromatic rings. The van der Waals surface area contributed by atoms with Crippen LogP contribution in [0.15, 0.2) is 4.99 Å². The Labute approximate surface area is 159 Å². The predicted molar refractivity (Wildman–Crippen MR) is 71.3 cm³/mol. The number of hydrogen-bond donors (Lipinski definition) is 1. The maximum atomic E-state index is 11.3.